The maximum Gasteiger partial charge on any atom is 0.573 e. The van der Waals surface area contributed by atoms with Crippen LogP contribution in [0.15, 0.2) is 90.2 Å². The van der Waals surface area contributed by atoms with Crippen molar-refractivity contribution in [1.29, 1.82) is 0 Å². The van der Waals surface area contributed by atoms with Gasteiger partial charge in [-0.05, 0) is 48.9 Å². The fourth-order valence-corrected chi connectivity index (χ4v) is 5.47. The first kappa shape index (κ1) is 26.9. The summed E-state index contributed by atoms with van der Waals surface area (Å²) in [6.07, 6.45) is -4.89. The number of carbonyl (C=O) groups excluding carboxylic acids is 2. The molecule has 1 amide bonds. The number of ketones is 1. The number of alkyl halides is 3. The van der Waals surface area contributed by atoms with E-state index in [-0.39, 0.29) is 16.1 Å². The monoisotopic (exact) mass is 566 g/mol. The van der Waals surface area contributed by atoms with Gasteiger partial charge in [-0.3, -0.25) is 14.5 Å². The number of aliphatic hydroxyl groups is 1. The van der Waals surface area contributed by atoms with Crippen molar-refractivity contribution in [2.45, 2.75) is 19.3 Å². The number of anilines is 1. The number of aromatic nitrogens is 1. The maximum absolute atomic E-state index is 14.0. The van der Waals surface area contributed by atoms with Crippen LogP contribution in [0.4, 0.5) is 18.9 Å². The number of halogens is 3. The van der Waals surface area contributed by atoms with E-state index in [1.165, 1.54) is 19.2 Å². The third kappa shape index (κ3) is 5.15. The Morgan fingerprint density at radius 2 is 1.60 bits per heavy atom. The van der Waals surface area contributed by atoms with Crippen molar-refractivity contribution in [2.75, 3.05) is 12.0 Å². The van der Waals surface area contributed by atoms with Gasteiger partial charge in [-0.2, -0.15) is 0 Å². The van der Waals surface area contributed by atoms with Crippen LogP contribution < -0.4 is 14.4 Å². The number of Topliss-reactive ketones (excluding diaryl/α,β-unsaturated/α-hetero) is 1. The van der Waals surface area contributed by atoms with E-state index in [1.807, 2.05) is 30.3 Å². The molecular formula is C29H21F3N2O5S. The fourth-order valence-electron chi connectivity index (χ4n) is 4.45. The van der Waals surface area contributed by atoms with Crippen molar-refractivity contribution >= 4 is 28.7 Å². The normalized spacial score (nSPS) is 15.5. The predicted molar refractivity (Wildman–Crippen MR) is 143 cm³/mol. The largest absolute Gasteiger partial charge is 0.573 e. The summed E-state index contributed by atoms with van der Waals surface area (Å²) in [5.74, 6) is -2.16. The van der Waals surface area contributed by atoms with Crippen molar-refractivity contribution in [2.24, 2.45) is 0 Å². The molecule has 0 radical (unpaired) electrons. The van der Waals surface area contributed by atoms with Gasteiger partial charge in [0.1, 0.15) is 16.5 Å². The van der Waals surface area contributed by atoms with Crippen LogP contribution in [0.3, 0.4) is 0 Å². The standard InChI is InChI=1S/C29H21F3N2O5S/c1-16-26(40-27(33-16)18-6-4-3-5-7-18)24(35)22-23(17-8-12-20(38-2)13-9-17)34(28(37)25(22)36)19-10-14-21(15-11-19)39-29(30,31)32/h3-15,23,36H,1-2H3. The van der Waals surface area contributed by atoms with E-state index < -0.39 is 35.6 Å². The lowest BCUT2D eigenvalue weighted by Gasteiger charge is -2.27. The topological polar surface area (TPSA) is 89.0 Å². The minimum atomic E-state index is -4.89. The van der Waals surface area contributed by atoms with Crippen LogP contribution in [-0.4, -0.2) is 35.3 Å². The lowest BCUT2D eigenvalue weighted by Crippen LogP contribution is -2.31. The van der Waals surface area contributed by atoms with Gasteiger partial charge in [-0.1, -0.05) is 42.5 Å². The highest BCUT2D eigenvalue weighted by Crippen LogP contribution is 2.44. The van der Waals surface area contributed by atoms with E-state index in [0.717, 1.165) is 33.9 Å². The Morgan fingerprint density at radius 3 is 2.20 bits per heavy atom. The Kier molecular flexibility index (Phi) is 7.07. The first-order valence-corrected chi connectivity index (χ1v) is 12.7. The fraction of sp³-hybridized carbons (Fsp3) is 0.138. The summed E-state index contributed by atoms with van der Waals surface area (Å²) in [6, 6.07) is 19.4. The first-order chi connectivity index (χ1) is 19.1. The number of hydrogen-bond donors (Lipinski definition) is 1. The number of amides is 1. The van der Waals surface area contributed by atoms with Crippen LogP contribution in [0.5, 0.6) is 11.5 Å². The van der Waals surface area contributed by atoms with Gasteiger partial charge in [0.05, 0.1) is 29.3 Å². The minimum Gasteiger partial charge on any atom is -0.503 e. The second kappa shape index (κ2) is 10.5. The molecule has 0 spiro atoms. The van der Waals surface area contributed by atoms with E-state index in [2.05, 4.69) is 9.72 Å². The van der Waals surface area contributed by atoms with Crippen molar-refractivity contribution in [3.63, 3.8) is 0 Å². The highest BCUT2D eigenvalue weighted by atomic mass is 32.1. The summed E-state index contributed by atoms with van der Waals surface area (Å²) in [6.45, 7) is 1.67. The number of aryl methyl sites for hydroxylation is 1. The summed E-state index contributed by atoms with van der Waals surface area (Å²) in [5.41, 5.74) is 1.70. The quantitative estimate of drug-likeness (QED) is 0.247. The summed E-state index contributed by atoms with van der Waals surface area (Å²) in [5, 5.41) is 11.6. The second-order valence-corrected chi connectivity index (χ2v) is 9.78. The zero-order valence-corrected chi connectivity index (χ0v) is 21.9. The minimum absolute atomic E-state index is 0.153. The molecule has 40 heavy (non-hydrogen) atoms. The van der Waals surface area contributed by atoms with Crippen molar-refractivity contribution in [1.82, 2.24) is 4.98 Å². The average Bonchev–Trinajstić information content (AvgIpc) is 3.45. The number of aliphatic hydroxyl groups excluding tert-OH is 1. The number of methoxy groups -OCH3 is 1. The van der Waals surface area contributed by atoms with Crippen molar-refractivity contribution in [3.05, 3.63) is 106 Å². The number of rotatable bonds is 7. The van der Waals surface area contributed by atoms with E-state index in [4.69, 9.17) is 4.74 Å². The highest BCUT2D eigenvalue weighted by molar-refractivity contribution is 7.17. The van der Waals surface area contributed by atoms with Crippen LogP contribution in [-0.2, 0) is 4.79 Å². The Labute approximate surface area is 230 Å². The van der Waals surface area contributed by atoms with E-state index in [0.29, 0.717) is 22.0 Å². The molecule has 5 rings (SSSR count). The first-order valence-electron chi connectivity index (χ1n) is 11.9. The van der Waals surface area contributed by atoms with Gasteiger partial charge < -0.3 is 14.6 Å². The zero-order valence-electron chi connectivity index (χ0n) is 21.1. The third-order valence-electron chi connectivity index (χ3n) is 6.26. The second-order valence-electron chi connectivity index (χ2n) is 8.78. The Bertz CT molecular complexity index is 1600. The zero-order chi connectivity index (χ0) is 28.6. The molecule has 204 valence electrons. The summed E-state index contributed by atoms with van der Waals surface area (Å²) >= 11 is 1.14. The van der Waals surface area contributed by atoms with Gasteiger partial charge >= 0.3 is 6.36 Å². The predicted octanol–water partition coefficient (Wildman–Crippen LogP) is 6.81. The van der Waals surface area contributed by atoms with Crippen LogP contribution in [0.1, 0.15) is 27.0 Å². The number of nitrogens with zero attached hydrogens (tertiary/aromatic N) is 2. The van der Waals surface area contributed by atoms with Crippen molar-refractivity contribution in [3.8, 4) is 22.1 Å². The molecule has 0 bridgehead atoms. The van der Waals surface area contributed by atoms with Gasteiger partial charge in [0.25, 0.3) is 5.91 Å². The lowest BCUT2D eigenvalue weighted by molar-refractivity contribution is -0.274. The Morgan fingerprint density at radius 1 is 0.975 bits per heavy atom. The average molecular weight is 567 g/mol. The molecule has 1 aliphatic heterocycles. The molecule has 1 aliphatic rings. The molecule has 1 atom stereocenters. The molecule has 7 nitrogen and oxygen atoms in total. The molecule has 1 N–H and O–H groups in total. The molecule has 2 heterocycles. The van der Waals surface area contributed by atoms with Gasteiger partial charge in [0, 0.05) is 11.3 Å². The molecule has 4 aromatic rings. The molecule has 0 saturated heterocycles. The highest BCUT2D eigenvalue weighted by Gasteiger charge is 2.45. The molecule has 0 fully saturated rings. The molecule has 11 heteroatoms. The van der Waals surface area contributed by atoms with E-state index in [1.54, 1.807) is 31.2 Å². The lowest BCUT2D eigenvalue weighted by atomic mass is 9.94. The summed E-state index contributed by atoms with van der Waals surface area (Å²) < 4.78 is 47.2. The number of thiazole rings is 1. The van der Waals surface area contributed by atoms with Crippen LogP contribution in [0.25, 0.3) is 10.6 Å². The number of carbonyl (C=O) groups is 2. The molecule has 0 aliphatic carbocycles. The molecule has 3 aromatic carbocycles. The molecule has 1 unspecified atom stereocenters. The van der Waals surface area contributed by atoms with Crippen LogP contribution >= 0.6 is 11.3 Å². The Balaban J connectivity index is 1.58. The summed E-state index contributed by atoms with van der Waals surface area (Å²) in [7, 11) is 1.49. The number of ether oxygens (including phenoxy) is 2. The van der Waals surface area contributed by atoms with Crippen molar-refractivity contribution < 1.29 is 37.3 Å². The van der Waals surface area contributed by atoms with E-state index >= 15 is 0 Å². The Hall–Kier alpha value is -4.64. The molecular weight excluding hydrogens is 545 g/mol. The van der Waals surface area contributed by atoms with Gasteiger partial charge in [-0.25, -0.2) is 4.98 Å². The van der Waals surface area contributed by atoms with Gasteiger partial charge in [-0.15, -0.1) is 24.5 Å². The number of hydrogen-bond acceptors (Lipinski definition) is 7. The summed E-state index contributed by atoms with van der Waals surface area (Å²) in [4.78, 5) is 33.3. The number of benzene rings is 3. The van der Waals surface area contributed by atoms with Gasteiger partial charge in [0.2, 0.25) is 5.78 Å². The SMILES string of the molecule is COc1ccc(C2C(C(=O)c3sc(-c4ccccc4)nc3C)=C(O)C(=O)N2c2ccc(OC(F)(F)F)cc2)cc1. The third-order valence-corrected chi connectivity index (χ3v) is 7.46. The maximum atomic E-state index is 14.0. The van der Waals surface area contributed by atoms with Crippen LogP contribution in [0, 0.1) is 6.92 Å². The van der Waals surface area contributed by atoms with Gasteiger partial charge in [0.15, 0.2) is 5.76 Å². The smallest absolute Gasteiger partial charge is 0.503 e. The van der Waals surface area contributed by atoms with Crippen LogP contribution in [0.2, 0.25) is 0 Å². The molecule has 0 saturated carbocycles. The van der Waals surface area contributed by atoms with E-state index in [9.17, 15) is 27.9 Å². The molecule has 1 aromatic heterocycles.